The topological polar surface area (TPSA) is 148 Å². The summed E-state index contributed by atoms with van der Waals surface area (Å²) in [6.45, 7) is 0.300. The van der Waals surface area contributed by atoms with Crippen molar-refractivity contribution < 1.29 is 22.7 Å². The van der Waals surface area contributed by atoms with Gasteiger partial charge in [0.15, 0.2) is 10.9 Å². The number of nitrogens with two attached hydrogens (primary N) is 1. The molecule has 0 aliphatic rings. The van der Waals surface area contributed by atoms with Gasteiger partial charge in [-0.25, -0.2) is 37.3 Å². The van der Waals surface area contributed by atoms with Gasteiger partial charge in [0.05, 0.1) is 5.56 Å². The molecule has 0 bridgehead atoms. The van der Waals surface area contributed by atoms with Crippen molar-refractivity contribution in [2.45, 2.75) is 11.6 Å². The summed E-state index contributed by atoms with van der Waals surface area (Å²) in [6, 6.07) is 8.92. The second kappa shape index (κ2) is 9.78. The minimum Gasteiger partial charge on any atom is -0.478 e. The summed E-state index contributed by atoms with van der Waals surface area (Å²) in [5, 5.41) is 8.65. The first-order valence-electron chi connectivity index (χ1n) is 8.16. The third kappa shape index (κ3) is 6.10. The van der Waals surface area contributed by atoms with Gasteiger partial charge >= 0.3 is 5.97 Å². The Balaban J connectivity index is 0.000000212. The Morgan fingerprint density at radius 3 is 2.41 bits per heavy atom. The van der Waals surface area contributed by atoms with Crippen molar-refractivity contribution in [2.75, 3.05) is 7.05 Å². The fraction of sp³-hybridized carbons (Fsp3) is 0.111. The lowest BCUT2D eigenvalue weighted by molar-refractivity contribution is 0.0696. The Labute approximate surface area is 166 Å². The number of carboxylic acid groups (broad SMARTS) is 1. The van der Waals surface area contributed by atoms with Gasteiger partial charge in [0, 0.05) is 30.7 Å². The minimum atomic E-state index is -3.45. The number of benzene rings is 1. The number of rotatable bonds is 5. The Kier molecular flexibility index (Phi) is 7.42. The summed E-state index contributed by atoms with van der Waals surface area (Å²) >= 11 is 0. The van der Waals surface area contributed by atoms with Crippen LogP contribution in [0, 0.1) is 5.82 Å². The number of halogens is 1. The third-order valence-electron chi connectivity index (χ3n) is 3.56. The first-order chi connectivity index (χ1) is 13.8. The third-order valence-corrected chi connectivity index (χ3v) is 4.87. The molecule has 2 aromatic heterocycles. The molecule has 0 saturated heterocycles. The lowest BCUT2D eigenvalue weighted by Gasteiger charge is -2.02. The summed E-state index contributed by atoms with van der Waals surface area (Å²) in [4.78, 5) is 22.0. The van der Waals surface area contributed by atoms with Crippen LogP contribution >= 0.6 is 0 Å². The molecule has 0 unspecified atom stereocenters. The minimum absolute atomic E-state index is 0.000142. The fourth-order valence-electron chi connectivity index (χ4n) is 2.04. The second-order valence-corrected chi connectivity index (χ2v) is 7.36. The van der Waals surface area contributed by atoms with E-state index in [2.05, 4.69) is 19.7 Å². The number of pyridine rings is 1. The second-order valence-electron chi connectivity index (χ2n) is 5.52. The molecule has 9 nitrogen and oxygen atoms in total. The molecule has 0 aliphatic carbocycles. The van der Waals surface area contributed by atoms with Gasteiger partial charge in [-0.1, -0.05) is 12.1 Å². The van der Waals surface area contributed by atoms with Crippen LogP contribution in [0.2, 0.25) is 0 Å². The van der Waals surface area contributed by atoms with Gasteiger partial charge in [0.1, 0.15) is 5.82 Å². The van der Waals surface area contributed by atoms with Crippen LogP contribution in [0.5, 0.6) is 0 Å². The van der Waals surface area contributed by atoms with Crippen LogP contribution in [0.3, 0.4) is 0 Å². The van der Waals surface area contributed by atoms with E-state index in [4.69, 9.17) is 10.8 Å². The van der Waals surface area contributed by atoms with E-state index in [0.717, 1.165) is 5.56 Å². The molecule has 3 aromatic rings. The number of nitrogens with one attached hydrogen (secondary N) is 1. The molecular weight excluding hydrogens is 401 g/mol. The number of carboxylic acids is 1. The van der Waals surface area contributed by atoms with Crippen LogP contribution in [0.25, 0.3) is 11.4 Å². The van der Waals surface area contributed by atoms with E-state index in [1.54, 1.807) is 18.2 Å². The molecule has 0 aliphatic heterocycles. The van der Waals surface area contributed by atoms with E-state index in [9.17, 15) is 17.6 Å². The molecule has 3 rings (SSSR count). The molecule has 1 aromatic carbocycles. The van der Waals surface area contributed by atoms with Crippen molar-refractivity contribution >= 4 is 16.0 Å². The zero-order chi connectivity index (χ0) is 21.4. The average molecular weight is 419 g/mol. The number of sulfonamides is 1. The largest absolute Gasteiger partial charge is 0.478 e. The van der Waals surface area contributed by atoms with Crippen LogP contribution < -0.4 is 10.5 Å². The molecule has 0 fully saturated rings. The Bertz CT molecular complexity index is 1090. The lowest BCUT2D eigenvalue weighted by Crippen LogP contribution is -2.20. The highest BCUT2D eigenvalue weighted by Gasteiger charge is 2.12. The average Bonchev–Trinajstić information content (AvgIpc) is 2.74. The zero-order valence-electron chi connectivity index (χ0n) is 15.3. The first-order valence-corrected chi connectivity index (χ1v) is 9.65. The summed E-state index contributed by atoms with van der Waals surface area (Å²) in [5.74, 6) is -1.18. The van der Waals surface area contributed by atoms with Gasteiger partial charge in [-0.2, -0.15) is 0 Å². The zero-order valence-corrected chi connectivity index (χ0v) is 16.1. The highest BCUT2D eigenvalue weighted by Crippen LogP contribution is 2.15. The Morgan fingerprint density at radius 1 is 1.17 bits per heavy atom. The SMILES string of the molecule is CNS(=O)(=O)c1cc(CN)ccn1.O=C(O)c1cnc(-c2cccc(F)c2)nc1. The number of hydrogen-bond acceptors (Lipinski definition) is 7. The van der Waals surface area contributed by atoms with Crippen LogP contribution in [0.1, 0.15) is 15.9 Å². The van der Waals surface area contributed by atoms with Gasteiger partial charge < -0.3 is 10.8 Å². The fourth-order valence-corrected chi connectivity index (χ4v) is 2.76. The molecule has 29 heavy (non-hydrogen) atoms. The van der Waals surface area contributed by atoms with Crippen molar-refractivity contribution in [3.8, 4) is 11.4 Å². The summed E-state index contributed by atoms with van der Waals surface area (Å²) in [5.41, 5.74) is 6.61. The molecule has 0 spiro atoms. The van der Waals surface area contributed by atoms with Gasteiger partial charge in [0.2, 0.25) is 0 Å². The van der Waals surface area contributed by atoms with E-state index in [0.29, 0.717) is 17.9 Å². The quantitative estimate of drug-likeness (QED) is 0.562. The molecule has 0 saturated carbocycles. The summed E-state index contributed by atoms with van der Waals surface area (Å²) in [6.07, 6.45) is 3.80. The molecule has 152 valence electrons. The molecule has 0 amide bonds. The van der Waals surface area contributed by atoms with Gasteiger partial charge in [0.25, 0.3) is 10.0 Å². The Hall–Kier alpha value is -3.28. The number of aromatic carboxylic acids is 1. The normalized spacial score (nSPS) is 10.7. The maximum Gasteiger partial charge on any atom is 0.338 e. The molecule has 0 atom stereocenters. The maximum atomic E-state index is 12.9. The number of nitrogens with zero attached hydrogens (tertiary/aromatic N) is 3. The number of hydrogen-bond donors (Lipinski definition) is 3. The van der Waals surface area contributed by atoms with E-state index >= 15 is 0 Å². The standard InChI is InChI=1S/C11H7FN2O2.C7H11N3O2S/c12-9-3-1-2-7(4-9)10-13-5-8(6-14-10)11(15)16;1-9-13(11,12)7-4-6(5-8)2-3-10-7/h1-6H,(H,15,16);2-4,9H,5,8H2,1H3. The molecule has 4 N–H and O–H groups in total. The molecule has 0 radical (unpaired) electrons. The highest BCUT2D eigenvalue weighted by atomic mass is 32.2. The monoisotopic (exact) mass is 419 g/mol. The van der Waals surface area contributed by atoms with E-state index in [1.807, 2.05) is 0 Å². The predicted octanol–water partition coefficient (Wildman–Crippen LogP) is 1.43. The van der Waals surface area contributed by atoms with Crippen molar-refractivity contribution in [1.82, 2.24) is 19.7 Å². The van der Waals surface area contributed by atoms with Gasteiger partial charge in [-0.05, 0) is 36.9 Å². The first kappa shape index (κ1) is 22.0. The van der Waals surface area contributed by atoms with E-state index in [1.165, 1.54) is 43.8 Å². The maximum absolute atomic E-state index is 12.9. The van der Waals surface area contributed by atoms with Crippen molar-refractivity contribution in [2.24, 2.45) is 5.73 Å². The summed E-state index contributed by atoms with van der Waals surface area (Å²) in [7, 11) is -2.11. The predicted molar refractivity (Wildman–Crippen MR) is 103 cm³/mol. The molecule has 2 heterocycles. The Morgan fingerprint density at radius 2 is 1.86 bits per heavy atom. The smallest absolute Gasteiger partial charge is 0.338 e. The highest BCUT2D eigenvalue weighted by molar-refractivity contribution is 7.89. The number of aromatic nitrogens is 3. The van der Waals surface area contributed by atoms with Crippen LogP contribution in [0.15, 0.2) is 60.0 Å². The molecular formula is C18H18FN5O4S. The van der Waals surface area contributed by atoms with Crippen molar-refractivity contribution in [1.29, 1.82) is 0 Å². The van der Waals surface area contributed by atoms with Gasteiger partial charge in [-0.15, -0.1) is 0 Å². The lowest BCUT2D eigenvalue weighted by atomic mass is 10.2. The summed E-state index contributed by atoms with van der Waals surface area (Å²) < 4.78 is 37.6. The van der Waals surface area contributed by atoms with Crippen LogP contribution in [-0.4, -0.2) is 41.5 Å². The number of carbonyl (C=O) groups is 1. The van der Waals surface area contributed by atoms with E-state index < -0.39 is 16.0 Å². The van der Waals surface area contributed by atoms with Crippen LogP contribution in [-0.2, 0) is 16.6 Å². The van der Waals surface area contributed by atoms with Crippen molar-refractivity contribution in [3.05, 3.63) is 71.9 Å². The van der Waals surface area contributed by atoms with Crippen molar-refractivity contribution in [3.63, 3.8) is 0 Å². The van der Waals surface area contributed by atoms with E-state index in [-0.39, 0.29) is 16.4 Å². The molecule has 11 heteroatoms. The van der Waals surface area contributed by atoms with Crippen LogP contribution in [0.4, 0.5) is 4.39 Å². The van der Waals surface area contributed by atoms with Gasteiger partial charge in [-0.3, -0.25) is 0 Å².